The molecular weight excluding hydrogens is 521 g/mol. The predicted molar refractivity (Wildman–Crippen MR) is 155 cm³/mol. The molecule has 0 spiro atoms. The van der Waals surface area contributed by atoms with Crippen LogP contribution in [0.3, 0.4) is 0 Å². The third kappa shape index (κ3) is 6.00. The van der Waals surface area contributed by atoms with Crippen LogP contribution >= 0.6 is 23.1 Å². The highest BCUT2D eigenvalue weighted by Crippen LogP contribution is 2.41. The van der Waals surface area contributed by atoms with Crippen molar-refractivity contribution in [3.8, 4) is 11.3 Å². The van der Waals surface area contributed by atoms with Crippen molar-refractivity contribution >= 4 is 49.2 Å². The molecule has 0 bridgehead atoms. The molecule has 4 aromatic rings. The fourth-order valence-corrected chi connectivity index (χ4v) is 8.14. The number of rotatable bonds is 10. The van der Waals surface area contributed by atoms with Gasteiger partial charge in [0.15, 0.2) is 5.13 Å². The Kier molecular flexibility index (Phi) is 8.14. The van der Waals surface area contributed by atoms with E-state index in [4.69, 9.17) is 4.98 Å². The van der Waals surface area contributed by atoms with Crippen LogP contribution in [0.1, 0.15) is 38.0 Å². The lowest BCUT2D eigenvalue weighted by molar-refractivity contribution is 0.466. The second-order valence-electron chi connectivity index (χ2n) is 9.50. The van der Waals surface area contributed by atoms with E-state index in [9.17, 15) is 8.42 Å². The standard InChI is InChI=1S/C28H32N4O2S3/c1-3-21(31-28-32-27-22-10-4-5-11-23(22)35-17-15-24(27)36-28)14-13-19(2)18-30-37(33,34)25-12-6-8-20-9-7-16-29-26(20)25/h4-12,16,19,21,30H,3,13-15,17-18H2,1-2H3,(H,31,32)/t19-,21+/m1/s1. The quantitative estimate of drug-likeness (QED) is 0.231. The summed E-state index contributed by atoms with van der Waals surface area (Å²) < 4.78 is 28.9. The number of pyridine rings is 1. The van der Waals surface area contributed by atoms with Gasteiger partial charge in [0.25, 0.3) is 0 Å². The van der Waals surface area contributed by atoms with Crippen LogP contribution in [0.15, 0.2) is 70.6 Å². The second-order valence-corrected chi connectivity index (χ2v) is 13.5. The van der Waals surface area contributed by atoms with Gasteiger partial charge in [0.05, 0.1) is 11.2 Å². The second kappa shape index (κ2) is 11.5. The first kappa shape index (κ1) is 26.2. The number of hydrogen-bond donors (Lipinski definition) is 2. The van der Waals surface area contributed by atoms with Gasteiger partial charge in [0.1, 0.15) is 4.90 Å². The van der Waals surface area contributed by atoms with E-state index in [-0.39, 0.29) is 10.8 Å². The lowest BCUT2D eigenvalue weighted by Gasteiger charge is -2.19. The average molecular weight is 553 g/mol. The topological polar surface area (TPSA) is 84.0 Å². The Morgan fingerprint density at radius 3 is 2.76 bits per heavy atom. The summed E-state index contributed by atoms with van der Waals surface area (Å²) >= 11 is 3.67. The summed E-state index contributed by atoms with van der Waals surface area (Å²) in [6.45, 7) is 4.67. The van der Waals surface area contributed by atoms with Crippen LogP contribution in [-0.4, -0.2) is 36.7 Å². The summed E-state index contributed by atoms with van der Waals surface area (Å²) in [5, 5.41) is 5.46. The molecule has 0 unspecified atom stereocenters. The van der Waals surface area contributed by atoms with Gasteiger partial charge in [-0.3, -0.25) is 4.98 Å². The summed E-state index contributed by atoms with van der Waals surface area (Å²) in [7, 11) is -3.64. The predicted octanol–water partition coefficient (Wildman–Crippen LogP) is 6.59. The third-order valence-corrected chi connectivity index (χ3v) is 10.3. The van der Waals surface area contributed by atoms with Crippen molar-refractivity contribution in [3.05, 3.63) is 65.7 Å². The number of fused-ring (bicyclic) bond motifs is 4. The zero-order chi connectivity index (χ0) is 25.8. The minimum Gasteiger partial charge on any atom is -0.359 e. The number of benzene rings is 2. The molecule has 0 fully saturated rings. The van der Waals surface area contributed by atoms with E-state index in [1.807, 2.05) is 30.0 Å². The number of hydrogen-bond acceptors (Lipinski definition) is 7. The highest BCUT2D eigenvalue weighted by atomic mass is 32.2. The van der Waals surface area contributed by atoms with E-state index >= 15 is 0 Å². The molecule has 0 radical (unpaired) electrons. The van der Waals surface area contributed by atoms with Gasteiger partial charge in [0, 0.05) is 45.3 Å². The highest BCUT2D eigenvalue weighted by Gasteiger charge is 2.22. The Bertz CT molecular complexity index is 1480. The van der Waals surface area contributed by atoms with Crippen LogP contribution < -0.4 is 10.0 Å². The zero-order valence-electron chi connectivity index (χ0n) is 21.1. The minimum absolute atomic E-state index is 0.200. The van der Waals surface area contributed by atoms with Gasteiger partial charge in [0.2, 0.25) is 10.0 Å². The van der Waals surface area contributed by atoms with Crippen molar-refractivity contribution in [2.45, 2.75) is 55.4 Å². The van der Waals surface area contributed by atoms with Gasteiger partial charge in [-0.25, -0.2) is 18.1 Å². The molecule has 2 aromatic carbocycles. The van der Waals surface area contributed by atoms with Crippen LogP contribution in [-0.2, 0) is 16.4 Å². The number of anilines is 1. The largest absolute Gasteiger partial charge is 0.359 e. The summed E-state index contributed by atoms with van der Waals surface area (Å²) in [6, 6.07) is 17.8. The monoisotopic (exact) mass is 552 g/mol. The van der Waals surface area contributed by atoms with Gasteiger partial charge in [-0.1, -0.05) is 50.2 Å². The number of aryl methyl sites for hydroxylation is 1. The Morgan fingerprint density at radius 1 is 1.05 bits per heavy atom. The van der Waals surface area contributed by atoms with Gasteiger partial charge in [-0.2, -0.15) is 0 Å². The molecule has 9 heteroatoms. The summed E-state index contributed by atoms with van der Waals surface area (Å²) in [5.41, 5.74) is 2.86. The van der Waals surface area contributed by atoms with Crippen LogP contribution in [0.2, 0.25) is 0 Å². The number of thioether (sulfide) groups is 1. The first-order chi connectivity index (χ1) is 17.9. The number of nitrogens with one attached hydrogen (secondary N) is 2. The van der Waals surface area contributed by atoms with Gasteiger partial charge in [-0.05, 0) is 49.8 Å². The van der Waals surface area contributed by atoms with Gasteiger partial charge in [-0.15, -0.1) is 23.1 Å². The number of para-hydroxylation sites is 1. The average Bonchev–Trinajstić information content (AvgIpc) is 3.23. The summed E-state index contributed by atoms with van der Waals surface area (Å²) in [5.74, 6) is 1.27. The third-order valence-electron chi connectivity index (χ3n) is 6.76. The smallest absolute Gasteiger partial charge is 0.242 e. The van der Waals surface area contributed by atoms with Crippen molar-refractivity contribution in [2.75, 3.05) is 17.6 Å². The molecule has 0 saturated heterocycles. The molecule has 3 heterocycles. The molecule has 0 amide bonds. The number of nitrogens with zero attached hydrogens (tertiary/aromatic N) is 2. The van der Waals surface area contributed by atoms with Crippen LogP contribution in [0.5, 0.6) is 0 Å². The Labute approximate surface area is 227 Å². The molecular formula is C28H32N4O2S3. The fourth-order valence-electron chi connectivity index (χ4n) is 4.60. The molecule has 0 saturated carbocycles. The molecule has 2 N–H and O–H groups in total. The molecule has 2 aromatic heterocycles. The van der Waals surface area contributed by atoms with E-state index in [0.717, 1.165) is 47.6 Å². The Balaban J connectivity index is 1.18. The van der Waals surface area contributed by atoms with E-state index in [2.05, 4.69) is 53.1 Å². The zero-order valence-corrected chi connectivity index (χ0v) is 23.6. The molecule has 1 aliphatic heterocycles. The normalized spacial score (nSPS) is 15.0. The lowest BCUT2D eigenvalue weighted by atomic mass is 10.0. The molecule has 0 aliphatic carbocycles. The van der Waals surface area contributed by atoms with Crippen molar-refractivity contribution in [1.29, 1.82) is 0 Å². The summed E-state index contributed by atoms with van der Waals surface area (Å²) in [4.78, 5) is 12.2. The van der Waals surface area contributed by atoms with Crippen LogP contribution in [0.25, 0.3) is 22.2 Å². The first-order valence-corrected chi connectivity index (χ1v) is 16.0. The van der Waals surface area contributed by atoms with E-state index in [0.29, 0.717) is 18.1 Å². The number of aromatic nitrogens is 2. The van der Waals surface area contributed by atoms with E-state index in [1.54, 1.807) is 29.7 Å². The molecule has 1 aliphatic rings. The maximum atomic E-state index is 13.0. The molecule has 5 rings (SSSR count). The molecule has 6 nitrogen and oxygen atoms in total. The van der Waals surface area contributed by atoms with Crippen molar-refractivity contribution in [1.82, 2.24) is 14.7 Å². The number of thiazole rings is 1. The fraction of sp³-hybridized carbons (Fsp3) is 0.357. The minimum atomic E-state index is -3.64. The van der Waals surface area contributed by atoms with Gasteiger partial charge < -0.3 is 5.32 Å². The summed E-state index contributed by atoms with van der Waals surface area (Å²) in [6.07, 6.45) is 5.50. The van der Waals surface area contributed by atoms with E-state index in [1.165, 1.54) is 15.3 Å². The molecule has 2 atom stereocenters. The molecule has 37 heavy (non-hydrogen) atoms. The SMILES string of the molecule is CC[C@@H](CC[C@@H](C)CNS(=O)(=O)c1cccc2cccnc12)Nc1nc2c(s1)CCSc1ccccc1-2. The van der Waals surface area contributed by atoms with Crippen LogP contribution in [0, 0.1) is 5.92 Å². The Morgan fingerprint density at radius 2 is 1.89 bits per heavy atom. The number of sulfonamides is 1. The maximum absolute atomic E-state index is 13.0. The highest BCUT2D eigenvalue weighted by molar-refractivity contribution is 7.99. The maximum Gasteiger partial charge on any atom is 0.242 e. The van der Waals surface area contributed by atoms with Gasteiger partial charge >= 0.3 is 0 Å². The first-order valence-electron chi connectivity index (χ1n) is 12.8. The van der Waals surface area contributed by atoms with E-state index < -0.39 is 10.0 Å². The van der Waals surface area contributed by atoms with Crippen molar-refractivity contribution in [3.63, 3.8) is 0 Å². The van der Waals surface area contributed by atoms with Crippen molar-refractivity contribution < 1.29 is 8.42 Å². The van der Waals surface area contributed by atoms with Crippen molar-refractivity contribution in [2.24, 2.45) is 5.92 Å². The lowest BCUT2D eigenvalue weighted by Crippen LogP contribution is -2.29. The molecule has 194 valence electrons. The van der Waals surface area contributed by atoms with Crippen LogP contribution in [0.4, 0.5) is 5.13 Å². The Hall–Kier alpha value is -2.46.